The highest BCUT2D eigenvalue weighted by Crippen LogP contribution is 2.32. The molecule has 0 saturated heterocycles. The molecule has 0 saturated carbocycles. The maximum atomic E-state index is 13.8. The van der Waals surface area contributed by atoms with Gasteiger partial charge in [0.15, 0.2) is 4.80 Å². The summed E-state index contributed by atoms with van der Waals surface area (Å²) in [6, 6.07) is 10.8. The van der Waals surface area contributed by atoms with E-state index in [0.717, 1.165) is 15.8 Å². The number of ether oxygens (including phenoxy) is 3. The van der Waals surface area contributed by atoms with Gasteiger partial charge in [-0.25, -0.2) is 9.79 Å². The van der Waals surface area contributed by atoms with E-state index < -0.39 is 23.9 Å². The Labute approximate surface area is 229 Å². The first kappa shape index (κ1) is 27.2. The molecule has 1 aliphatic heterocycles. The number of thiazole rings is 1. The average Bonchev–Trinajstić information content (AvgIpc) is 3.14. The van der Waals surface area contributed by atoms with E-state index in [0.29, 0.717) is 37.7 Å². The number of esters is 3. The lowest BCUT2D eigenvalue weighted by atomic mass is 9.96. The van der Waals surface area contributed by atoms with Crippen molar-refractivity contribution in [1.29, 1.82) is 0 Å². The van der Waals surface area contributed by atoms with Crippen molar-refractivity contribution in [1.82, 2.24) is 4.57 Å². The minimum absolute atomic E-state index is 0.153. The summed E-state index contributed by atoms with van der Waals surface area (Å²) in [5.41, 5.74) is 1.39. The zero-order valence-electron chi connectivity index (χ0n) is 20.9. The Morgan fingerprint density at radius 2 is 1.76 bits per heavy atom. The van der Waals surface area contributed by atoms with Gasteiger partial charge in [-0.2, -0.15) is 0 Å². The van der Waals surface area contributed by atoms with Gasteiger partial charge in [0, 0.05) is 23.9 Å². The van der Waals surface area contributed by atoms with Crippen LogP contribution in [0.3, 0.4) is 0 Å². The van der Waals surface area contributed by atoms with E-state index in [1.165, 1.54) is 18.4 Å². The first-order valence-corrected chi connectivity index (χ1v) is 13.2. The number of allylic oxidation sites excluding steroid dienone is 1. The van der Waals surface area contributed by atoms with Crippen LogP contribution in [0.2, 0.25) is 0 Å². The van der Waals surface area contributed by atoms with E-state index in [1.54, 1.807) is 62.4 Å². The van der Waals surface area contributed by atoms with Gasteiger partial charge in [0.2, 0.25) is 0 Å². The molecule has 196 valence electrons. The molecule has 0 aliphatic carbocycles. The first-order chi connectivity index (χ1) is 18.1. The topological polar surface area (TPSA) is 113 Å². The number of hydrogen-bond donors (Lipinski definition) is 0. The summed E-state index contributed by atoms with van der Waals surface area (Å²) in [7, 11) is 0. The molecule has 1 aromatic heterocycles. The number of rotatable bonds is 6. The van der Waals surface area contributed by atoms with Crippen LogP contribution in [0.15, 0.2) is 68.0 Å². The van der Waals surface area contributed by atoms with Crippen LogP contribution in [0.25, 0.3) is 6.08 Å². The molecule has 0 spiro atoms. The molecule has 0 N–H and O–H groups in total. The zero-order chi connectivity index (χ0) is 27.6. The molecule has 9 nitrogen and oxygen atoms in total. The van der Waals surface area contributed by atoms with Gasteiger partial charge in [-0.15, -0.1) is 0 Å². The Balaban J connectivity index is 1.92. The average molecular weight is 599 g/mol. The fourth-order valence-electron chi connectivity index (χ4n) is 4.01. The van der Waals surface area contributed by atoms with E-state index in [2.05, 4.69) is 20.9 Å². The molecule has 11 heteroatoms. The normalized spacial score (nSPS) is 15.0. The first-order valence-electron chi connectivity index (χ1n) is 11.5. The van der Waals surface area contributed by atoms with Gasteiger partial charge < -0.3 is 14.2 Å². The number of nitrogens with zero attached hydrogens (tertiary/aromatic N) is 2. The number of carbonyl (C=O) groups excluding carboxylic acids is 3. The number of benzene rings is 2. The third-order valence-corrected chi connectivity index (χ3v) is 6.96. The van der Waals surface area contributed by atoms with Gasteiger partial charge >= 0.3 is 17.9 Å². The summed E-state index contributed by atoms with van der Waals surface area (Å²) in [6.07, 6.45) is 1.62. The highest BCUT2D eigenvalue weighted by Gasteiger charge is 2.33. The summed E-state index contributed by atoms with van der Waals surface area (Å²) in [5.74, 6) is -0.904. The minimum atomic E-state index is -0.825. The third-order valence-electron chi connectivity index (χ3n) is 5.49. The second kappa shape index (κ2) is 11.3. The smallest absolute Gasteiger partial charge is 0.338 e. The summed E-state index contributed by atoms with van der Waals surface area (Å²) < 4.78 is 18.3. The molecular weight excluding hydrogens is 576 g/mol. The lowest BCUT2D eigenvalue weighted by Gasteiger charge is -2.24. The lowest BCUT2D eigenvalue weighted by molar-refractivity contribution is -0.139. The molecule has 3 aromatic rings. The van der Waals surface area contributed by atoms with Crippen LogP contribution in [0, 0.1) is 0 Å². The lowest BCUT2D eigenvalue weighted by Crippen LogP contribution is -2.39. The van der Waals surface area contributed by atoms with Crippen LogP contribution in [0.4, 0.5) is 0 Å². The number of carbonyl (C=O) groups is 3. The second-order valence-electron chi connectivity index (χ2n) is 8.24. The van der Waals surface area contributed by atoms with Crippen LogP contribution >= 0.6 is 27.3 Å². The highest BCUT2D eigenvalue weighted by molar-refractivity contribution is 9.10. The summed E-state index contributed by atoms with van der Waals surface area (Å²) in [4.78, 5) is 54.7. The quantitative estimate of drug-likeness (QED) is 0.315. The van der Waals surface area contributed by atoms with Gasteiger partial charge in [0.1, 0.15) is 11.5 Å². The molecule has 2 heterocycles. The van der Waals surface area contributed by atoms with Gasteiger partial charge in [0.25, 0.3) is 5.56 Å². The largest absolute Gasteiger partial charge is 0.463 e. The van der Waals surface area contributed by atoms with Crippen molar-refractivity contribution >= 4 is 51.3 Å². The molecule has 0 amide bonds. The number of fused-ring (bicyclic) bond motifs is 1. The van der Waals surface area contributed by atoms with Gasteiger partial charge in [-0.3, -0.25) is 19.0 Å². The van der Waals surface area contributed by atoms with Crippen molar-refractivity contribution in [2.45, 2.75) is 33.7 Å². The van der Waals surface area contributed by atoms with Crippen LogP contribution in [-0.2, 0) is 19.1 Å². The zero-order valence-corrected chi connectivity index (χ0v) is 23.3. The molecule has 4 rings (SSSR count). The monoisotopic (exact) mass is 598 g/mol. The molecule has 0 unspecified atom stereocenters. The summed E-state index contributed by atoms with van der Waals surface area (Å²) >= 11 is 4.56. The Morgan fingerprint density at radius 1 is 1.08 bits per heavy atom. The van der Waals surface area contributed by atoms with Crippen molar-refractivity contribution in [3.05, 3.63) is 89.0 Å². The standard InChI is InChI=1S/C27H23BrN2O7S/c1-5-35-26(34)23-14(2)29-27-30(24(23)17-6-9-20(10-7-17)36-15(3)31)25(33)22(38-27)13-18-12-19(28)8-11-21(18)37-16(4)32/h6-13,24H,5H2,1-4H3/b22-13+/t24-/m0/s1. The highest BCUT2D eigenvalue weighted by atomic mass is 79.9. The molecule has 1 aliphatic rings. The Kier molecular flexibility index (Phi) is 8.08. The number of aromatic nitrogens is 1. The van der Waals surface area contributed by atoms with E-state index in [1.807, 2.05) is 0 Å². The predicted molar refractivity (Wildman–Crippen MR) is 144 cm³/mol. The molecule has 1 atom stereocenters. The van der Waals surface area contributed by atoms with Crippen molar-refractivity contribution < 1.29 is 28.6 Å². The maximum absolute atomic E-state index is 13.8. The van der Waals surface area contributed by atoms with Gasteiger partial charge in [-0.1, -0.05) is 39.4 Å². The summed E-state index contributed by atoms with van der Waals surface area (Å²) in [6.45, 7) is 6.14. The predicted octanol–water partition coefficient (Wildman–Crippen LogP) is 3.41. The molecule has 0 fully saturated rings. The van der Waals surface area contributed by atoms with Crippen molar-refractivity contribution in [3.63, 3.8) is 0 Å². The molecule has 0 radical (unpaired) electrons. The van der Waals surface area contributed by atoms with Crippen LogP contribution in [0.1, 0.15) is 44.9 Å². The Morgan fingerprint density at radius 3 is 2.39 bits per heavy atom. The van der Waals surface area contributed by atoms with E-state index >= 15 is 0 Å². The fourth-order valence-corrected chi connectivity index (χ4v) is 5.43. The molecule has 0 bridgehead atoms. The van der Waals surface area contributed by atoms with Crippen molar-refractivity contribution in [2.75, 3.05) is 6.61 Å². The molecule has 38 heavy (non-hydrogen) atoms. The Bertz CT molecular complexity index is 1650. The molecule has 2 aromatic carbocycles. The summed E-state index contributed by atoms with van der Waals surface area (Å²) in [5, 5.41) is 0. The fraction of sp³-hybridized carbons (Fsp3) is 0.222. The third kappa shape index (κ3) is 5.68. The number of hydrogen-bond acceptors (Lipinski definition) is 9. The van der Waals surface area contributed by atoms with Crippen molar-refractivity contribution in [2.24, 2.45) is 4.99 Å². The van der Waals surface area contributed by atoms with Crippen molar-refractivity contribution in [3.8, 4) is 11.5 Å². The van der Waals surface area contributed by atoms with Crippen LogP contribution in [0.5, 0.6) is 11.5 Å². The van der Waals surface area contributed by atoms with Gasteiger partial charge in [0.05, 0.1) is 28.5 Å². The molecular formula is C27H23BrN2O7S. The minimum Gasteiger partial charge on any atom is -0.463 e. The number of halogens is 1. The van der Waals surface area contributed by atoms with Crippen LogP contribution in [-0.4, -0.2) is 29.1 Å². The second-order valence-corrected chi connectivity index (χ2v) is 10.2. The van der Waals surface area contributed by atoms with E-state index in [4.69, 9.17) is 14.2 Å². The SMILES string of the molecule is CCOC(=O)C1=C(C)N=c2s/c(=C/c3cc(Br)ccc3OC(C)=O)c(=O)n2[C@H]1c1ccc(OC(C)=O)cc1. The maximum Gasteiger partial charge on any atom is 0.338 e. The van der Waals surface area contributed by atoms with Crippen LogP contribution < -0.4 is 24.4 Å². The van der Waals surface area contributed by atoms with E-state index in [9.17, 15) is 19.2 Å². The Hall–Kier alpha value is -3.83. The van der Waals surface area contributed by atoms with Gasteiger partial charge in [-0.05, 0) is 55.8 Å². The van der Waals surface area contributed by atoms with E-state index in [-0.39, 0.29) is 17.7 Å².